The molecule has 1 saturated heterocycles. The van der Waals surface area contributed by atoms with Crippen LogP contribution >= 0.6 is 0 Å². The number of aromatic nitrogens is 1. The minimum Gasteiger partial charge on any atom is -0.339 e. The van der Waals surface area contributed by atoms with Gasteiger partial charge < -0.3 is 4.90 Å². The van der Waals surface area contributed by atoms with Gasteiger partial charge in [-0.25, -0.2) is 4.98 Å². The summed E-state index contributed by atoms with van der Waals surface area (Å²) in [5, 5.41) is 0. The average molecular weight is 236 g/mol. The molecule has 4 heteroatoms. The van der Waals surface area contributed by atoms with Crippen LogP contribution in [-0.2, 0) is 0 Å². The topological polar surface area (TPSA) is 33.2 Å². The van der Waals surface area contributed by atoms with Crippen LogP contribution in [0.3, 0.4) is 0 Å². The molecule has 1 fully saturated rings. The molecule has 1 aliphatic rings. The zero-order valence-electron chi connectivity index (χ0n) is 10.2. The van der Waals surface area contributed by atoms with Crippen molar-refractivity contribution in [1.29, 1.82) is 0 Å². The van der Waals surface area contributed by atoms with Crippen molar-refractivity contribution < 1.29 is 9.18 Å². The van der Waals surface area contributed by atoms with E-state index in [1.807, 2.05) is 4.90 Å². The first-order chi connectivity index (χ1) is 7.98. The Labute approximate surface area is 101 Å². The van der Waals surface area contributed by atoms with Crippen LogP contribution in [0.4, 0.5) is 4.39 Å². The molecule has 1 amide bonds. The largest absolute Gasteiger partial charge is 0.339 e. The van der Waals surface area contributed by atoms with Gasteiger partial charge in [-0.3, -0.25) is 4.79 Å². The molecule has 2 rings (SSSR count). The second-order valence-corrected chi connectivity index (χ2v) is 5.33. The van der Waals surface area contributed by atoms with E-state index in [-0.39, 0.29) is 5.91 Å². The summed E-state index contributed by atoms with van der Waals surface area (Å²) in [7, 11) is 0. The first kappa shape index (κ1) is 12.0. The van der Waals surface area contributed by atoms with E-state index in [4.69, 9.17) is 0 Å². The maximum absolute atomic E-state index is 12.7. The minimum absolute atomic E-state index is 0.0481. The fraction of sp³-hybridized carbons (Fsp3) is 0.538. The fourth-order valence-electron chi connectivity index (χ4n) is 2.00. The molecule has 0 radical (unpaired) electrons. The van der Waals surface area contributed by atoms with Gasteiger partial charge in [-0.05, 0) is 30.4 Å². The lowest BCUT2D eigenvalue weighted by Crippen LogP contribution is -2.41. The van der Waals surface area contributed by atoms with Gasteiger partial charge in [0.05, 0.1) is 5.56 Å². The second-order valence-electron chi connectivity index (χ2n) is 5.33. The first-order valence-electron chi connectivity index (χ1n) is 5.89. The molecule has 0 atom stereocenters. The predicted molar refractivity (Wildman–Crippen MR) is 63.1 cm³/mol. The molecule has 2 heterocycles. The van der Waals surface area contributed by atoms with Crippen LogP contribution in [0.15, 0.2) is 18.3 Å². The second kappa shape index (κ2) is 4.43. The summed E-state index contributed by atoms with van der Waals surface area (Å²) in [6.07, 6.45) is 3.32. The van der Waals surface area contributed by atoms with Gasteiger partial charge in [0, 0.05) is 19.3 Å². The van der Waals surface area contributed by atoms with E-state index in [0.717, 1.165) is 25.9 Å². The number of nitrogens with zero attached hydrogens (tertiary/aromatic N) is 2. The lowest BCUT2D eigenvalue weighted by molar-refractivity contribution is 0.0630. The summed E-state index contributed by atoms with van der Waals surface area (Å²) in [6.45, 7) is 5.97. The monoisotopic (exact) mass is 236 g/mol. The van der Waals surface area contributed by atoms with Crippen molar-refractivity contribution in [3.63, 3.8) is 0 Å². The highest BCUT2D eigenvalue weighted by Gasteiger charge is 2.28. The van der Waals surface area contributed by atoms with Crippen molar-refractivity contribution in [1.82, 2.24) is 9.88 Å². The van der Waals surface area contributed by atoms with Gasteiger partial charge in [-0.1, -0.05) is 13.8 Å². The Morgan fingerprint density at radius 2 is 2.00 bits per heavy atom. The number of likely N-dealkylation sites (tertiary alicyclic amines) is 1. The quantitative estimate of drug-likeness (QED) is 0.702. The Hall–Kier alpha value is -1.45. The number of halogens is 1. The number of carbonyl (C=O) groups excluding carboxylic acids is 1. The van der Waals surface area contributed by atoms with Crippen LogP contribution in [0.25, 0.3) is 0 Å². The molecule has 1 aromatic rings. The van der Waals surface area contributed by atoms with E-state index in [1.165, 1.54) is 18.3 Å². The highest BCUT2D eigenvalue weighted by Crippen LogP contribution is 2.30. The molecule has 0 aromatic carbocycles. The standard InChI is InChI=1S/C13H17FN2O/c1-13(2)5-7-16(8-6-13)12(17)10-3-4-11(14)15-9-10/h3-4,9H,5-8H2,1-2H3. The Morgan fingerprint density at radius 1 is 1.35 bits per heavy atom. The Balaban J connectivity index is 2.04. The van der Waals surface area contributed by atoms with Gasteiger partial charge in [0.2, 0.25) is 5.95 Å². The number of amides is 1. The van der Waals surface area contributed by atoms with Crippen LogP contribution in [0.1, 0.15) is 37.0 Å². The van der Waals surface area contributed by atoms with Crippen molar-refractivity contribution >= 4 is 5.91 Å². The molecular weight excluding hydrogens is 219 g/mol. The molecule has 0 spiro atoms. The summed E-state index contributed by atoms with van der Waals surface area (Å²) in [6, 6.07) is 2.71. The van der Waals surface area contributed by atoms with Crippen molar-refractivity contribution in [3.8, 4) is 0 Å². The Kier molecular flexibility index (Phi) is 3.13. The van der Waals surface area contributed by atoms with Crippen LogP contribution < -0.4 is 0 Å². The van der Waals surface area contributed by atoms with Crippen molar-refractivity contribution in [2.75, 3.05) is 13.1 Å². The summed E-state index contributed by atoms with van der Waals surface area (Å²) in [4.78, 5) is 17.4. The van der Waals surface area contributed by atoms with Crippen LogP contribution in [0.5, 0.6) is 0 Å². The third-order valence-electron chi connectivity index (χ3n) is 3.38. The number of carbonyl (C=O) groups is 1. The molecule has 92 valence electrons. The average Bonchev–Trinajstić information content (AvgIpc) is 2.29. The third-order valence-corrected chi connectivity index (χ3v) is 3.38. The highest BCUT2D eigenvalue weighted by atomic mass is 19.1. The first-order valence-corrected chi connectivity index (χ1v) is 5.89. The number of piperidine rings is 1. The van der Waals surface area contributed by atoms with E-state index in [0.29, 0.717) is 11.0 Å². The number of hydrogen-bond acceptors (Lipinski definition) is 2. The molecule has 1 aromatic heterocycles. The summed E-state index contributed by atoms with van der Waals surface area (Å²) >= 11 is 0. The van der Waals surface area contributed by atoms with Crippen LogP contribution in [-0.4, -0.2) is 28.9 Å². The van der Waals surface area contributed by atoms with E-state index in [9.17, 15) is 9.18 Å². The zero-order chi connectivity index (χ0) is 12.5. The van der Waals surface area contributed by atoms with Crippen molar-refractivity contribution in [2.24, 2.45) is 5.41 Å². The number of hydrogen-bond donors (Lipinski definition) is 0. The lowest BCUT2D eigenvalue weighted by Gasteiger charge is -2.36. The number of rotatable bonds is 1. The van der Waals surface area contributed by atoms with Crippen molar-refractivity contribution in [3.05, 3.63) is 29.8 Å². The highest BCUT2D eigenvalue weighted by molar-refractivity contribution is 5.93. The van der Waals surface area contributed by atoms with E-state index in [1.54, 1.807) is 0 Å². The summed E-state index contributed by atoms with van der Waals surface area (Å²) < 4.78 is 12.7. The number of pyridine rings is 1. The van der Waals surface area contributed by atoms with Gasteiger partial charge >= 0.3 is 0 Å². The Morgan fingerprint density at radius 3 is 2.53 bits per heavy atom. The molecular formula is C13H17FN2O. The molecule has 0 aliphatic carbocycles. The minimum atomic E-state index is -0.554. The van der Waals surface area contributed by atoms with Gasteiger partial charge in [0.1, 0.15) is 0 Å². The van der Waals surface area contributed by atoms with Crippen LogP contribution in [0.2, 0.25) is 0 Å². The third kappa shape index (κ3) is 2.81. The van der Waals surface area contributed by atoms with Crippen molar-refractivity contribution in [2.45, 2.75) is 26.7 Å². The smallest absolute Gasteiger partial charge is 0.255 e. The molecule has 0 unspecified atom stereocenters. The SMILES string of the molecule is CC1(C)CCN(C(=O)c2ccc(F)nc2)CC1. The maximum atomic E-state index is 12.7. The summed E-state index contributed by atoms with van der Waals surface area (Å²) in [5.41, 5.74) is 0.781. The molecule has 0 bridgehead atoms. The van der Waals surface area contributed by atoms with Gasteiger partial charge in [0.15, 0.2) is 0 Å². The fourth-order valence-corrected chi connectivity index (χ4v) is 2.00. The normalized spacial score (nSPS) is 19.1. The van der Waals surface area contributed by atoms with E-state index in [2.05, 4.69) is 18.8 Å². The van der Waals surface area contributed by atoms with Gasteiger partial charge in [-0.15, -0.1) is 0 Å². The molecule has 1 aliphatic heterocycles. The maximum Gasteiger partial charge on any atom is 0.255 e. The van der Waals surface area contributed by atoms with E-state index >= 15 is 0 Å². The van der Waals surface area contributed by atoms with Crippen LogP contribution in [0, 0.1) is 11.4 Å². The molecule has 0 N–H and O–H groups in total. The summed E-state index contributed by atoms with van der Waals surface area (Å²) in [5.74, 6) is -0.602. The molecule has 0 saturated carbocycles. The predicted octanol–water partition coefficient (Wildman–Crippen LogP) is 2.48. The zero-order valence-corrected chi connectivity index (χ0v) is 10.2. The van der Waals surface area contributed by atoms with Gasteiger partial charge in [0.25, 0.3) is 5.91 Å². The molecule has 17 heavy (non-hydrogen) atoms. The molecule has 3 nitrogen and oxygen atoms in total. The lowest BCUT2D eigenvalue weighted by atomic mass is 9.82. The van der Waals surface area contributed by atoms with E-state index < -0.39 is 5.95 Å². The van der Waals surface area contributed by atoms with Gasteiger partial charge in [-0.2, -0.15) is 4.39 Å². The Bertz CT molecular complexity index is 404.